The van der Waals surface area contributed by atoms with E-state index >= 15 is 0 Å². The number of benzene rings is 1. The highest BCUT2D eigenvalue weighted by atomic mass is 79.9. The molecule has 0 saturated heterocycles. The number of nitrogens with one attached hydrogen (secondary N) is 1. The van der Waals surface area contributed by atoms with E-state index in [1.54, 1.807) is 0 Å². The Balaban J connectivity index is 2.11. The molecule has 2 rings (SSSR count). The van der Waals surface area contributed by atoms with Gasteiger partial charge in [-0.1, -0.05) is 27.1 Å². The summed E-state index contributed by atoms with van der Waals surface area (Å²) in [5.41, 5.74) is 7.47. The Hall–Kier alpha value is -1.40. The molecule has 5 nitrogen and oxygen atoms in total. The van der Waals surface area contributed by atoms with Crippen molar-refractivity contribution >= 4 is 27.6 Å². The van der Waals surface area contributed by atoms with Crippen LogP contribution >= 0.6 is 15.9 Å². The second-order valence-corrected chi connectivity index (χ2v) is 4.48. The fraction of sp³-hybridized carbons (Fsp3) is 0.273. The van der Waals surface area contributed by atoms with Crippen molar-refractivity contribution in [3.8, 4) is 0 Å². The van der Waals surface area contributed by atoms with E-state index in [-0.39, 0.29) is 0 Å². The first-order valence-electron chi connectivity index (χ1n) is 5.24. The number of anilines is 2. The minimum Gasteiger partial charge on any atom is -0.408 e. The van der Waals surface area contributed by atoms with Crippen LogP contribution in [0.5, 0.6) is 0 Å². The topological polar surface area (TPSA) is 77.0 Å². The van der Waals surface area contributed by atoms with Crippen LogP contribution < -0.4 is 11.1 Å². The van der Waals surface area contributed by atoms with Crippen molar-refractivity contribution in [2.45, 2.75) is 13.3 Å². The van der Waals surface area contributed by atoms with Gasteiger partial charge in [-0.2, -0.15) is 0 Å². The molecule has 0 saturated carbocycles. The SMILES string of the molecule is Cc1ccc(Nc2nnc(CCN)o2)cc1Br. The van der Waals surface area contributed by atoms with Crippen molar-refractivity contribution in [2.24, 2.45) is 5.73 Å². The van der Waals surface area contributed by atoms with Gasteiger partial charge >= 0.3 is 6.01 Å². The first-order valence-corrected chi connectivity index (χ1v) is 6.04. The van der Waals surface area contributed by atoms with E-state index in [1.165, 1.54) is 5.56 Å². The molecule has 2 aromatic rings. The molecular weight excluding hydrogens is 284 g/mol. The lowest BCUT2D eigenvalue weighted by Crippen LogP contribution is -2.02. The zero-order chi connectivity index (χ0) is 12.3. The van der Waals surface area contributed by atoms with Gasteiger partial charge in [0.25, 0.3) is 0 Å². The molecule has 0 aliphatic heterocycles. The summed E-state index contributed by atoms with van der Waals surface area (Å²) in [6, 6.07) is 6.29. The van der Waals surface area contributed by atoms with Gasteiger partial charge in [0.1, 0.15) is 0 Å². The van der Waals surface area contributed by atoms with Crippen LogP contribution in [-0.4, -0.2) is 16.7 Å². The minimum atomic E-state index is 0.379. The molecule has 3 N–H and O–H groups in total. The molecule has 0 bridgehead atoms. The van der Waals surface area contributed by atoms with Crippen molar-refractivity contribution in [3.05, 3.63) is 34.1 Å². The summed E-state index contributed by atoms with van der Waals surface area (Å²) in [5, 5.41) is 10.8. The van der Waals surface area contributed by atoms with Crippen LogP contribution in [0.1, 0.15) is 11.5 Å². The van der Waals surface area contributed by atoms with Gasteiger partial charge in [-0.15, -0.1) is 5.10 Å². The second-order valence-electron chi connectivity index (χ2n) is 3.63. The molecular formula is C11H13BrN4O. The van der Waals surface area contributed by atoms with Gasteiger partial charge in [0.2, 0.25) is 5.89 Å². The maximum absolute atomic E-state index is 5.40. The van der Waals surface area contributed by atoms with Crippen LogP contribution in [0.4, 0.5) is 11.7 Å². The van der Waals surface area contributed by atoms with Crippen molar-refractivity contribution in [2.75, 3.05) is 11.9 Å². The predicted molar refractivity (Wildman–Crippen MR) is 69.2 cm³/mol. The Morgan fingerprint density at radius 1 is 1.41 bits per heavy atom. The molecule has 1 aromatic carbocycles. The van der Waals surface area contributed by atoms with Gasteiger partial charge in [-0.3, -0.25) is 0 Å². The summed E-state index contributed by atoms with van der Waals surface area (Å²) in [7, 11) is 0. The monoisotopic (exact) mass is 296 g/mol. The Morgan fingerprint density at radius 2 is 2.24 bits per heavy atom. The third-order valence-electron chi connectivity index (χ3n) is 2.25. The number of hydrogen-bond donors (Lipinski definition) is 2. The van der Waals surface area contributed by atoms with Crippen LogP contribution in [0.2, 0.25) is 0 Å². The average molecular weight is 297 g/mol. The lowest BCUT2D eigenvalue weighted by Gasteiger charge is -2.03. The maximum atomic E-state index is 5.40. The molecule has 0 radical (unpaired) electrons. The van der Waals surface area contributed by atoms with Crippen molar-refractivity contribution in [3.63, 3.8) is 0 Å². The van der Waals surface area contributed by atoms with E-state index in [0.717, 1.165) is 10.2 Å². The Labute approximate surface area is 108 Å². The van der Waals surface area contributed by atoms with Crippen LogP contribution in [-0.2, 0) is 6.42 Å². The molecule has 0 aliphatic rings. The van der Waals surface area contributed by atoms with Gasteiger partial charge in [-0.05, 0) is 24.6 Å². The highest BCUT2D eigenvalue weighted by Crippen LogP contribution is 2.23. The fourth-order valence-corrected chi connectivity index (χ4v) is 1.70. The number of aromatic nitrogens is 2. The van der Waals surface area contributed by atoms with Gasteiger partial charge in [-0.25, -0.2) is 0 Å². The lowest BCUT2D eigenvalue weighted by molar-refractivity contribution is 0.510. The zero-order valence-electron chi connectivity index (χ0n) is 9.40. The van der Waals surface area contributed by atoms with Gasteiger partial charge in [0.05, 0.1) is 0 Å². The summed E-state index contributed by atoms with van der Waals surface area (Å²) in [6.07, 6.45) is 0.590. The molecule has 0 atom stereocenters. The smallest absolute Gasteiger partial charge is 0.320 e. The normalized spacial score (nSPS) is 10.5. The van der Waals surface area contributed by atoms with E-state index in [9.17, 15) is 0 Å². The summed E-state index contributed by atoms with van der Waals surface area (Å²) >= 11 is 3.47. The second kappa shape index (κ2) is 5.29. The zero-order valence-corrected chi connectivity index (χ0v) is 11.0. The van der Waals surface area contributed by atoms with Crippen molar-refractivity contribution in [1.29, 1.82) is 0 Å². The molecule has 1 heterocycles. The highest BCUT2D eigenvalue weighted by molar-refractivity contribution is 9.10. The van der Waals surface area contributed by atoms with Gasteiger partial charge < -0.3 is 15.5 Å². The molecule has 0 fully saturated rings. The predicted octanol–water partition coefficient (Wildman–Crippen LogP) is 2.39. The van der Waals surface area contributed by atoms with Gasteiger partial charge in [0, 0.05) is 23.1 Å². The highest BCUT2D eigenvalue weighted by Gasteiger charge is 2.05. The third-order valence-corrected chi connectivity index (χ3v) is 3.10. The van der Waals surface area contributed by atoms with E-state index < -0.39 is 0 Å². The van der Waals surface area contributed by atoms with E-state index in [0.29, 0.717) is 24.9 Å². The van der Waals surface area contributed by atoms with E-state index in [1.807, 2.05) is 25.1 Å². The Morgan fingerprint density at radius 3 is 2.94 bits per heavy atom. The molecule has 17 heavy (non-hydrogen) atoms. The number of rotatable bonds is 4. The lowest BCUT2D eigenvalue weighted by atomic mass is 10.2. The van der Waals surface area contributed by atoms with Crippen molar-refractivity contribution in [1.82, 2.24) is 10.2 Å². The maximum Gasteiger partial charge on any atom is 0.320 e. The Bertz CT molecular complexity index is 512. The van der Waals surface area contributed by atoms with Crippen molar-refractivity contribution < 1.29 is 4.42 Å². The number of aryl methyl sites for hydroxylation is 1. The molecule has 1 aromatic heterocycles. The minimum absolute atomic E-state index is 0.379. The summed E-state index contributed by atoms with van der Waals surface area (Å²) in [6.45, 7) is 2.53. The number of nitrogens with two attached hydrogens (primary N) is 1. The van der Waals surface area contributed by atoms with E-state index in [4.69, 9.17) is 10.2 Å². The largest absolute Gasteiger partial charge is 0.408 e. The van der Waals surface area contributed by atoms with E-state index in [2.05, 4.69) is 31.4 Å². The fourth-order valence-electron chi connectivity index (χ4n) is 1.32. The molecule has 0 unspecified atom stereocenters. The van der Waals surface area contributed by atoms with Crippen LogP contribution in [0.25, 0.3) is 0 Å². The summed E-state index contributed by atoms with van der Waals surface area (Å²) in [5.74, 6) is 0.543. The molecule has 6 heteroatoms. The van der Waals surface area contributed by atoms with Crippen LogP contribution in [0.15, 0.2) is 27.1 Å². The number of hydrogen-bond acceptors (Lipinski definition) is 5. The van der Waals surface area contributed by atoms with Crippen LogP contribution in [0, 0.1) is 6.92 Å². The van der Waals surface area contributed by atoms with Gasteiger partial charge in [0.15, 0.2) is 0 Å². The summed E-state index contributed by atoms with van der Waals surface area (Å²) in [4.78, 5) is 0. The quantitative estimate of drug-likeness (QED) is 0.906. The summed E-state index contributed by atoms with van der Waals surface area (Å²) < 4.78 is 6.40. The molecule has 90 valence electrons. The Kier molecular flexibility index (Phi) is 3.75. The molecule has 0 amide bonds. The average Bonchev–Trinajstić information content (AvgIpc) is 2.72. The standard InChI is InChI=1S/C11H13BrN4O/c1-7-2-3-8(6-9(7)12)14-11-16-15-10(17-11)4-5-13/h2-3,6H,4-5,13H2,1H3,(H,14,16). The number of halogens is 1. The first-order chi connectivity index (χ1) is 8.19. The van der Waals surface area contributed by atoms with Crippen LogP contribution in [0.3, 0.4) is 0 Å². The number of nitrogens with zero attached hydrogens (tertiary/aromatic N) is 2. The molecule has 0 aliphatic carbocycles. The third kappa shape index (κ3) is 3.04. The first kappa shape index (κ1) is 12.1. The molecule has 0 spiro atoms.